The van der Waals surface area contributed by atoms with Crippen molar-refractivity contribution in [1.29, 1.82) is 0 Å². The van der Waals surface area contributed by atoms with Gasteiger partial charge in [0.05, 0.1) is 5.76 Å². The molecule has 0 aliphatic heterocycles. The first-order valence-electron chi connectivity index (χ1n) is 3.89. The summed E-state index contributed by atoms with van der Waals surface area (Å²) in [6.45, 7) is 7.32. The summed E-state index contributed by atoms with van der Waals surface area (Å²) in [5, 5.41) is 9.19. The van der Waals surface area contributed by atoms with Gasteiger partial charge in [0.25, 0.3) is 0 Å². The molecular weight excluding hydrogens is 140 g/mol. The van der Waals surface area contributed by atoms with Crippen molar-refractivity contribution in [2.45, 2.75) is 27.7 Å². The largest absolute Gasteiger partial charge is 0.512 e. The minimum absolute atomic E-state index is 0.0174. The van der Waals surface area contributed by atoms with Gasteiger partial charge in [0.15, 0.2) is 5.78 Å². The van der Waals surface area contributed by atoms with Crippen molar-refractivity contribution in [2.24, 2.45) is 11.8 Å². The van der Waals surface area contributed by atoms with Gasteiger partial charge in [-0.2, -0.15) is 0 Å². The number of hydrogen-bond donors (Lipinski definition) is 1. The SMILES string of the molecule is CC(C)C(=O)C=C(O)C(C)C. The van der Waals surface area contributed by atoms with Crippen LogP contribution in [0.5, 0.6) is 0 Å². The molecule has 0 aliphatic carbocycles. The molecule has 0 saturated carbocycles. The van der Waals surface area contributed by atoms with Crippen molar-refractivity contribution < 1.29 is 9.90 Å². The number of rotatable bonds is 3. The molecule has 0 fully saturated rings. The van der Waals surface area contributed by atoms with Crippen molar-refractivity contribution in [2.75, 3.05) is 0 Å². The molecule has 0 rings (SSSR count). The Morgan fingerprint density at radius 2 is 1.64 bits per heavy atom. The van der Waals surface area contributed by atoms with Crippen LogP contribution in [0.15, 0.2) is 11.8 Å². The molecule has 0 aliphatic rings. The summed E-state index contributed by atoms with van der Waals surface area (Å²) in [7, 11) is 0. The van der Waals surface area contributed by atoms with E-state index in [1.54, 1.807) is 0 Å². The molecule has 0 spiro atoms. The first kappa shape index (κ1) is 10.2. The number of carbonyl (C=O) groups excluding carboxylic acids is 1. The maximum Gasteiger partial charge on any atom is 0.161 e. The number of aliphatic hydroxyl groups excluding tert-OH is 1. The summed E-state index contributed by atoms with van der Waals surface area (Å²) in [5.74, 6) is 0.161. The molecule has 0 heterocycles. The highest BCUT2D eigenvalue weighted by atomic mass is 16.3. The normalized spacial score (nSPS) is 12.7. The van der Waals surface area contributed by atoms with Crippen LogP contribution in [0, 0.1) is 11.8 Å². The van der Waals surface area contributed by atoms with Crippen LogP contribution in [0.4, 0.5) is 0 Å². The van der Waals surface area contributed by atoms with Crippen molar-refractivity contribution >= 4 is 5.78 Å². The Morgan fingerprint density at radius 3 is 1.91 bits per heavy atom. The molecule has 0 unspecified atom stereocenters. The Bertz CT molecular complexity index is 166. The highest BCUT2D eigenvalue weighted by Gasteiger charge is 2.07. The van der Waals surface area contributed by atoms with Gasteiger partial charge in [-0.25, -0.2) is 0 Å². The molecule has 0 amide bonds. The van der Waals surface area contributed by atoms with Crippen LogP contribution in [0.25, 0.3) is 0 Å². The Labute approximate surface area is 67.9 Å². The maximum atomic E-state index is 11.0. The lowest BCUT2D eigenvalue weighted by Gasteiger charge is -2.03. The second-order valence-corrected chi connectivity index (χ2v) is 3.28. The fourth-order valence-electron chi connectivity index (χ4n) is 0.479. The van der Waals surface area contributed by atoms with Gasteiger partial charge in [0.2, 0.25) is 0 Å². The van der Waals surface area contributed by atoms with Crippen LogP contribution >= 0.6 is 0 Å². The third-order valence-electron chi connectivity index (χ3n) is 1.45. The van der Waals surface area contributed by atoms with Crippen LogP contribution < -0.4 is 0 Å². The van der Waals surface area contributed by atoms with E-state index >= 15 is 0 Å². The standard InChI is InChI=1S/C9H16O2/c1-6(2)8(10)5-9(11)7(3)4/h5-7,10H,1-4H3. The Morgan fingerprint density at radius 1 is 1.18 bits per heavy atom. The fourth-order valence-corrected chi connectivity index (χ4v) is 0.479. The molecule has 2 heteroatoms. The minimum atomic E-state index is -0.0316. The van der Waals surface area contributed by atoms with Crippen molar-refractivity contribution in [1.82, 2.24) is 0 Å². The highest BCUT2D eigenvalue weighted by molar-refractivity contribution is 5.91. The first-order chi connectivity index (χ1) is 4.95. The van der Waals surface area contributed by atoms with Crippen molar-refractivity contribution in [3.05, 3.63) is 11.8 Å². The number of hydrogen-bond acceptors (Lipinski definition) is 2. The van der Waals surface area contributed by atoms with Crippen LogP contribution in [0.1, 0.15) is 27.7 Å². The predicted octanol–water partition coefficient (Wildman–Crippen LogP) is 2.31. The molecule has 0 atom stereocenters. The van der Waals surface area contributed by atoms with Gasteiger partial charge in [0, 0.05) is 17.9 Å². The van der Waals surface area contributed by atoms with Gasteiger partial charge in [-0.05, 0) is 0 Å². The lowest BCUT2D eigenvalue weighted by molar-refractivity contribution is -0.117. The minimum Gasteiger partial charge on any atom is -0.512 e. The molecule has 0 radical (unpaired) electrons. The van der Waals surface area contributed by atoms with Crippen LogP contribution in [0.3, 0.4) is 0 Å². The van der Waals surface area contributed by atoms with Crippen LogP contribution in [-0.4, -0.2) is 10.9 Å². The zero-order valence-electron chi connectivity index (χ0n) is 7.59. The molecule has 64 valence electrons. The third kappa shape index (κ3) is 3.81. The molecule has 0 saturated heterocycles. The van der Waals surface area contributed by atoms with Gasteiger partial charge in [-0.3, -0.25) is 4.79 Å². The lowest BCUT2D eigenvalue weighted by Crippen LogP contribution is -2.05. The van der Waals surface area contributed by atoms with E-state index in [-0.39, 0.29) is 23.4 Å². The third-order valence-corrected chi connectivity index (χ3v) is 1.45. The summed E-state index contributed by atoms with van der Waals surface area (Å²) in [4.78, 5) is 11.0. The summed E-state index contributed by atoms with van der Waals surface area (Å²) >= 11 is 0. The van der Waals surface area contributed by atoms with E-state index in [1.807, 2.05) is 27.7 Å². The Hall–Kier alpha value is -0.790. The van der Waals surface area contributed by atoms with Gasteiger partial charge in [-0.1, -0.05) is 27.7 Å². The summed E-state index contributed by atoms with van der Waals surface area (Å²) < 4.78 is 0. The van der Waals surface area contributed by atoms with Crippen molar-refractivity contribution in [3.63, 3.8) is 0 Å². The van der Waals surface area contributed by atoms with E-state index in [0.717, 1.165) is 0 Å². The highest BCUT2D eigenvalue weighted by Crippen LogP contribution is 2.07. The van der Waals surface area contributed by atoms with Crippen molar-refractivity contribution in [3.8, 4) is 0 Å². The number of carbonyl (C=O) groups is 1. The zero-order chi connectivity index (χ0) is 9.02. The summed E-state index contributed by atoms with van der Waals surface area (Å²) in [6, 6.07) is 0. The lowest BCUT2D eigenvalue weighted by atomic mass is 10.1. The quantitative estimate of drug-likeness (QED) is 0.503. The average Bonchev–Trinajstić information content (AvgIpc) is 1.87. The molecule has 0 aromatic rings. The Balaban J connectivity index is 4.20. The Kier molecular flexibility index (Phi) is 3.86. The second-order valence-electron chi connectivity index (χ2n) is 3.28. The number of ketones is 1. The van der Waals surface area contributed by atoms with E-state index in [9.17, 15) is 9.90 Å². The molecule has 0 aromatic heterocycles. The van der Waals surface area contributed by atoms with Gasteiger partial charge >= 0.3 is 0 Å². The molecule has 2 nitrogen and oxygen atoms in total. The topological polar surface area (TPSA) is 37.3 Å². The smallest absolute Gasteiger partial charge is 0.161 e. The zero-order valence-corrected chi connectivity index (χ0v) is 7.59. The number of aliphatic hydroxyl groups is 1. The van der Waals surface area contributed by atoms with E-state index in [0.29, 0.717) is 0 Å². The number of allylic oxidation sites excluding steroid dienone is 2. The maximum absolute atomic E-state index is 11.0. The molecule has 11 heavy (non-hydrogen) atoms. The van der Waals surface area contributed by atoms with Gasteiger partial charge < -0.3 is 5.11 Å². The van der Waals surface area contributed by atoms with Gasteiger partial charge in [-0.15, -0.1) is 0 Å². The first-order valence-corrected chi connectivity index (χ1v) is 3.89. The predicted molar refractivity (Wildman–Crippen MR) is 45.4 cm³/mol. The van der Waals surface area contributed by atoms with Gasteiger partial charge in [0.1, 0.15) is 0 Å². The molecular formula is C9H16O2. The van der Waals surface area contributed by atoms with Crippen LogP contribution in [-0.2, 0) is 4.79 Å². The van der Waals surface area contributed by atoms with E-state index < -0.39 is 0 Å². The monoisotopic (exact) mass is 156 g/mol. The van der Waals surface area contributed by atoms with E-state index in [1.165, 1.54) is 6.08 Å². The van der Waals surface area contributed by atoms with E-state index in [2.05, 4.69) is 0 Å². The molecule has 0 bridgehead atoms. The summed E-state index contributed by atoms with van der Waals surface area (Å²) in [6.07, 6.45) is 1.31. The fraction of sp³-hybridized carbons (Fsp3) is 0.667. The molecule has 1 N–H and O–H groups in total. The average molecular weight is 156 g/mol. The summed E-state index contributed by atoms with van der Waals surface area (Å²) in [5.41, 5.74) is 0. The van der Waals surface area contributed by atoms with Crippen LogP contribution in [0.2, 0.25) is 0 Å². The molecule has 0 aromatic carbocycles. The van der Waals surface area contributed by atoms with E-state index in [4.69, 9.17) is 0 Å². The second kappa shape index (κ2) is 4.16.